The maximum absolute atomic E-state index is 4.36. The van der Waals surface area contributed by atoms with Gasteiger partial charge in [0.1, 0.15) is 5.82 Å². The van der Waals surface area contributed by atoms with E-state index in [1.807, 2.05) is 12.4 Å². The smallest absolute Gasteiger partial charge is 0.122 e. The monoisotopic (exact) mass is 193 g/mol. The molecule has 0 saturated carbocycles. The molecule has 0 spiro atoms. The molecule has 2 rings (SSSR count). The minimum Gasteiger partial charge on any atom is -0.337 e. The highest BCUT2D eigenvalue weighted by Gasteiger charge is 2.17. The Hall–Kier alpha value is -0.830. The lowest BCUT2D eigenvalue weighted by atomic mass is 10.0. The number of hydrogen-bond donors (Lipinski definition) is 0. The highest BCUT2D eigenvalue weighted by molar-refractivity contribution is 4.91. The first-order valence-electron chi connectivity index (χ1n) is 5.44. The molecular formula is C11H19N3. The van der Waals surface area contributed by atoms with Crippen LogP contribution >= 0.6 is 0 Å². The van der Waals surface area contributed by atoms with Crippen molar-refractivity contribution in [2.75, 3.05) is 13.1 Å². The third-order valence-electron chi connectivity index (χ3n) is 3.03. The maximum Gasteiger partial charge on any atom is 0.122 e. The lowest BCUT2D eigenvalue weighted by molar-refractivity contribution is 0.171. The molecule has 0 radical (unpaired) electrons. The summed E-state index contributed by atoms with van der Waals surface area (Å²) in [6, 6.07) is 0. The Balaban J connectivity index is 1.94. The Labute approximate surface area is 85.7 Å². The Morgan fingerprint density at radius 1 is 1.57 bits per heavy atom. The average Bonchev–Trinajstić information content (AvgIpc) is 2.52. The number of aryl methyl sites for hydroxylation is 1. The second-order valence-corrected chi connectivity index (χ2v) is 4.44. The molecule has 0 N–H and O–H groups in total. The van der Waals surface area contributed by atoms with Crippen LogP contribution < -0.4 is 0 Å². The van der Waals surface area contributed by atoms with Crippen molar-refractivity contribution in [3.8, 4) is 0 Å². The SMILES string of the molecule is C[C@H]1CCCN(Cc2nccn2C)C1. The standard InChI is InChI=1S/C11H19N3/c1-10-4-3-6-14(8-10)9-11-12-5-7-13(11)2/h5,7,10H,3-4,6,8-9H2,1-2H3/t10-/m0/s1. The number of likely N-dealkylation sites (tertiary alicyclic amines) is 1. The lowest BCUT2D eigenvalue weighted by Gasteiger charge is -2.30. The van der Waals surface area contributed by atoms with Gasteiger partial charge in [-0.3, -0.25) is 4.90 Å². The summed E-state index contributed by atoms with van der Waals surface area (Å²) in [7, 11) is 2.07. The number of imidazole rings is 1. The van der Waals surface area contributed by atoms with E-state index in [0.29, 0.717) is 0 Å². The number of hydrogen-bond acceptors (Lipinski definition) is 2. The van der Waals surface area contributed by atoms with Crippen LogP contribution in [-0.4, -0.2) is 27.5 Å². The molecule has 3 nitrogen and oxygen atoms in total. The lowest BCUT2D eigenvalue weighted by Crippen LogP contribution is -2.34. The fourth-order valence-electron chi connectivity index (χ4n) is 2.18. The molecule has 1 aromatic heterocycles. The molecule has 0 unspecified atom stereocenters. The van der Waals surface area contributed by atoms with Crippen molar-refractivity contribution in [3.63, 3.8) is 0 Å². The van der Waals surface area contributed by atoms with Crippen LogP contribution in [0.3, 0.4) is 0 Å². The van der Waals surface area contributed by atoms with Gasteiger partial charge < -0.3 is 4.57 Å². The van der Waals surface area contributed by atoms with Gasteiger partial charge in [-0.05, 0) is 25.3 Å². The molecule has 1 atom stereocenters. The van der Waals surface area contributed by atoms with Crippen LogP contribution in [0.4, 0.5) is 0 Å². The van der Waals surface area contributed by atoms with Crippen molar-refractivity contribution < 1.29 is 0 Å². The third-order valence-corrected chi connectivity index (χ3v) is 3.03. The van der Waals surface area contributed by atoms with Crippen LogP contribution in [0, 0.1) is 5.92 Å². The number of rotatable bonds is 2. The minimum absolute atomic E-state index is 0.851. The van der Waals surface area contributed by atoms with Crippen molar-refractivity contribution in [3.05, 3.63) is 18.2 Å². The predicted molar refractivity (Wildman–Crippen MR) is 56.9 cm³/mol. The molecule has 1 aromatic rings. The van der Waals surface area contributed by atoms with E-state index < -0.39 is 0 Å². The zero-order valence-corrected chi connectivity index (χ0v) is 9.11. The van der Waals surface area contributed by atoms with Gasteiger partial charge in [0.15, 0.2) is 0 Å². The van der Waals surface area contributed by atoms with E-state index in [-0.39, 0.29) is 0 Å². The van der Waals surface area contributed by atoms with Gasteiger partial charge in [0, 0.05) is 26.0 Å². The van der Waals surface area contributed by atoms with Crippen LogP contribution in [0.5, 0.6) is 0 Å². The first-order valence-corrected chi connectivity index (χ1v) is 5.44. The topological polar surface area (TPSA) is 21.1 Å². The average molecular weight is 193 g/mol. The van der Waals surface area contributed by atoms with Crippen LogP contribution in [0.2, 0.25) is 0 Å². The highest BCUT2D eigenvalue weighted by atomic mass is 15.2. The molecule has 1 fully saturated rings. The predicted octanol–water partition coefficient (Wildman–Crippen LogP) is 1.65. The van der Waals surface area contributed by atoms with E-state index in [2.05, 4.69) is 28.4 Å². The van der Waals surface area contributed by atoms with E-state index in [9.17, 15) is 0 Å². The number of piperidine rings is 1. The molecule has 1 saturated heterocycles. The third kappa shape index (κ3) is 2.15. The Morgan fingerprint density at radius 3 is 3.07 bits per heavy atom. The Bertz CT molecular complexity index is 292. The van der Waals surface area contributed by atoms with Crippen molar-refractivity contribution in [1.82, 2.24) is 14.5 Å². The molecule has 0 aliphatic carbocycles. The van der Waals surface area contributed by atoms with E-state index in [4.69, 9.17) is 0 Å². The molecule has 0 aromatic carbocycles. The maximum atomic E-state index is 4.36. The van der Waals surface area contributed by atoms with Gasteiger partial charge in [-0.2, -0.15) is 0 Å². The summed E-state index contributed by atoms with van der Waals surface area (Å²) in [5.41, 5.74) is 0. The fourth-order valence-corrected chi connectivity index (χ4v) is 2.18. The number of nitrogens with zero attached hydrogens (tertiary/aromatic N) is 3. The molecule has 3 heteroatoms. The first kappa shape index (κ1) is 9.71. The second-order valence-electron chi connectivity index (χ2n) is 4.44. The van der Waals surface area contributed by atoms with Crippen LogP contribution in [0.15, 0.2) is 12.4 Å². The van der Waals surface area contributed by atoms with Crippen molar-refractivity contribution in [1.29, 1.82) is 0 Å². The van der Waals surface area contributed by atoms with Crippen molar-refractivity contribution in [2.45, 2.75) is 26.3 Å². The van der Waals surface area contributed by atoms with E-state index >= 15 is 0 Å². The second kappa shape index (κ2) is 4.13. The normalized spacial score (nSPS) is 24.0. The molecule has 0 amide bonds. The molecule has 78 valence electrons. The van der Waals surface area contributed by atoms with Gasteiger partial charge in [-0.25, -0.2) is 4.98 Å². The van der Waals surface area contributed by atoms with E-state index in [1.165, 1.54) is 31.8 Å². The first-order chi connectivity index (χ1) is 6.75. The summed E-state index contributed by atoms with van der Waals surface area (Å²) in [6.07, 6.45) is 6.62. The van der Waals surface area contributed by atoms with Crippen molar-refractivity contribution in [2.24, 2.45) is 13.0 Å². The summed E-state index contributed by atoms with van der Waals surface area (Å²) >= 11 is 0. The zero-order valence-electron chi connectivity index (χ0n) is 9.11. The summed E-state index contributed by atoms with van der Waals surface area (Å²) in [5, 5.41) is 0. The molecule has 1 aliphatic rings. The van der Waals surface area contributed by atoms with Gasteiger partial charge in [0.2, 0.25) is 0 Å². The Kier molecular flexibility index (Phi) is 2.87. The number of aromatic nitrogens is 2. The van der Waals surface area contributed by atoms with Gasteiger partial charge in [-0.15, -0.1) is 0 Å². The highest BCUT2D eigenvalue weighted by Crippen LogP contribution is 2.16. The van der Waals surface area contributed by atoms with Crippen LogP contribution in [0.25, 0.3) is 0 Å². The molecule has 1 aliphatic heterocycles. The fraction of sp³-hybridized carbons (Fsp3) is 0.727. The van der Waals surface area contributed by atoms with Crippen LogP contribution in [-0.2, 0) is 13.6 Å². The zero-order chi connectivity index (χ0) is 9.97. The summed E-state index contributed by atoms with van der Waals surface area (Å²) in [4.78, 5) is 6.87. The quantitative estimate of drug-likeness (QED) is 0.712. The van der Waals surface area contributed by atoms with E-state index in [1.54, 1.807) is 0 Å². The Morgan fingerprint density at radius 2 is 2.43 bits per heavy atom. The van der Waals surface area contributed by atoms with Crippen molar-refractivity contribution >= 4 is 0 Å². The molecule has 14 heavy (non-hydrogen) atoms. The molecular weight excluding hydrogens is 174 g/mol. The molecule has 0 bridgehead atoms. The van der Waals surface area contributed by atoms with Gasteiger partial charge in [-0.1, -0.05) is 6.92 Å². The minimum atomic E-state index is 0.851. The van der Waals surface area contributed by atoms with Gasteiger partial charge >= 0.3 is 0 Å². The summed E-state index contributed by atoms with van der Waals surface area (Å²) in [6.45, 7) is 5.81. The van der Waals surface area contributed by atoms with Crippen LogP contribution in [0.1, 0.15) is 25.6 Å². The summed E-state index contributed by atoms with van der Waals surface area (Å²) < 4.78 is 2.11. The van der Waals surface area contributed by atoms with Gasteiger partial charge in [0.05, 0.1) is 6.54 Å². The van der Waals surface area contributed by atoms with E-state index in [0.717, 1.165) is 12.5 Å². The molecule has 2 heterocycles. The van der Waals surface area contributed by atoms with Gasteiger partial charge in [0.25, 0.3) is 0 Å². The largest absolute Gasteiger partial charge is 0.337 e. The summed E-state index contributed by atoms with van der Waals surface area (Å²) in [5.74, 6) is 2.03.